The van der Waals surface area contributed by atoms with Crippen molar-refractivity contribution in [1.29, 1.82) is 0 Å². The molecule has 1 radical (unpaired) electrons. The molecule has 1 heterocycles. The molecule has 0 aliphatic carbocycles. The average Bonchev–Trinajstić information content (AvgIpc) is 2.83. The zero-order valence-corrected chi connectivity index (χ0v) is 22.9. The number of hydrogen-bond donors (Lipinski definition) is 2. The van der Waals surface area contributed by atoms with E-state index in [0.29, 0.717) is 12.3 Å². The van der Waals surface area contributed by atoms with Crippen molar-refractivity contribution < 1.29 is 30.3 Å². The quantitative estimate of drug-likeness (QED) is 0.170. The molecule has 0 saturated heterocycles. The van der Waals surface area contributed by atoms with Gasteiger partial charge in [0, 0.05) is 37.4 Å². The van der Waals surface area contributed by atoms with Gasteiger partial charge in [-0.3, -0.25) is 4.98 Å². The summed E-state index contributed by atoms with van der Waals surface area (Å²) >= 11 is 0. The number of hydrogen-bond acceptors (Lipinski definition) is 4. The molecule has 5 aromatic rings. The largest absolute Gasteiger partial charge is 0.393 e. The molecule has 2 atom stereocenters. The van der Waals surface area contributed by atoms with Crippen LogP contribution in [0.3, 0.4) is 0 Å². The van der Waals surface area contributed by atoms with Crippen molar-refractivity contribution in [1.82, 2.24) is 9.97 Å². The average molecular weight is 644 g/mol. The molecule has 0 aliphatic rings. The Balaban J connectivity index is 0.000000378. The van der Waals surface area contributed by atoms with Crippen LogP contribution < -0.4 is 0 Å². The molecule has 2 N–H and O–H groups in total. The third kappa shape index (κ3) is 6.12. The molecule has 0 fully saturated rings. The first kappa shape index (κ1) is 26.9. The Hall–Kier alpha value is -2.69. The van der Waals surface area contributed by atoms with Crippen LogP contribution in [-0.4, -0.2) is 32.4 Å². The van der Waals surface area contributed by atoms with Gasteiger partial charge in [0.1, 0.15) is 0 Å². The van der Waals surface area contributed by atoms with E-state index in [1.54, 1.807) is 13.8 Å². The van der Waals surface area contributed by atoms with E-state index >= 15 is 0 Å². The van der Waals surface area contributed by atoms with E-state index < -0.39 is 0 Å². The van der Waals surface area contributed by atoms with E-state index in [4.69, 9.17) is 20.2 Å². The molecule has 0 spiro atoms. The Morgan fingerprint density at radius 3 is 2.00 bits per heavy atom. The van der Waals surface area contributed by atoms with Crippen LogP contribution in [0.5, 0.6) is 0 Å². The van der Waals surface area contributed by atoms with Crippen LogP contribution in [0.25, 0.3) is 43.8 Å². The maximum atomic E-state index is 8.56. The molecule has 4 nitrogen and oxygen atoms in total. The van der Waals surface area contributed by atoms with Crippen molar-refractivity contribution in [3.05, 3.63) is 84.6 Å². The second kappa shape index (κ2) is 11.8. The SMILES string of the molecule is CC(C)c1ccc(-c2cnc3c4[c-]cccc4c4ccccc4c3n2)cc1.CC(O)CC(C)O.[Ir]. The van der Waals surface area contributed by atoms with E-state index in [1.807, 2.05) is 18.3 Å². The Bertz CT molecular complexity index is 1370. The van der Waals surface area contributed by atoms with Crippen molar-refractivity contribution in [2.75, 3.05) is 0 Å². The summed E-state index contributed by atoms with van der Waals surface area (Å²) in [7, 11) is 0. The Labute approximate surface area is 220 Å². The van der Waals surface area contributed by atoms with Crippen LogP contribution in [-0.2, 0) is 20.1 Å². The van der Waals surface area contributed by atoms with Crippen molar-refractivity contribution >= 4 is 32.6 Å². The van der Waals surface area contributed by atoms with E-state index in [2.05, 4.69) is 74.5 Å². The number of fused-ring (bicyclic) bond motifs is 6. The molecular formula is C30H31IrN2O2-. The number of aromatic nitrogens is 2. The first-order chi connectivity index (χ1) is 16.3. The molecule has 4 aromatic carbocycles. The van der Waals surface area contributed by atoms with Crippen molar-refractivity contribution in [2.45, 2.75) is 52.2 Å². The third-order valence-electron chi connectivity index (χ3n) is 5.89. The van der Waals surface area contributed by atoms with Crippen molar-refractivity contribution in [2.24, 2.45) is 0 Å². The minimum atomic E-state index is -0.375. The summed E-state index contributed by atoms with van der Waals surface area (Å²) in [6, 6.07) is 26.5. The minimum Gasteiger partial charge on any atom is -0.393 e. The molecular weight excluding hydrogens is 613 g/mol. The second-order valence-electron chi connectivity index (χ2n) is 9.17. The van der Waals surface area contributed by atoms with Gasteiger partial charge in [0.05, 0.1) is 23.4 Å². The van der Waals surface area contributed by atoms with E-state index in [1.165, 1.54) is 16.3 Å². The van der Waals surface area contributed by atoms with Gasteiger partial charge in [0.2, 0.25) is 0 Å². The van der Waals surface area contributed by atoms with Gasteiger partial charge in [0.15, 0.2) is 0 Å². The van der Waals surface area contributed by atoms with Crippen molar-refractivity contribution in [3.8, 4) is 11.3 Å². The summed E-state index contributed by atoms with van der Waals surface area (Å²) in [5.74, 6) is 0.521. The van der Waals surface area contributed by atoms with E-state index in [9.17, 15) is 0 Å². The van der Waals surface area contributed by atoms with Gasteiger partial charge < -0.3 is 15.2 Å². The fourth-order valence-electron chi connectivity index (χ4n) is 4.21. The molecule has 1 aromatic heterocycles. The Morgan fingerprint density at radius 2 is 1.40 bits per heavy atom. The van der Waals surface area contributed by atoms with E-state index in [0.717, 1.165) is 33.1 Å². The smallest absolute Gasteiger partial charge is 0.0873 e. The fourth-order valence-corrected chi connectivity index (χ4v) is 4.21. The molecule has 5 heteroatoms. The second-order valence-corrected chi connectivity index (χ2v) is 9.17. The van der Waals surface area contributed by atoms with Gasteiger partial charge in [-0.25, -0.2) is 0 Å². The maximum absolute atomic E-state index is 8.56. The third-order valence-corrected chi connectivity index (χ3v) is 5.89. The number of rotatable bonds is 4. The van der Waals surface area contributed by atoms with Crippen LogP contribution in [0.1, 0.15) is 45.6 Å². The van der Waals surface area contributed by atoms with Gasteiger partial charge in [-0.05, 0) is 37.1 Å². The zero-order chi connectivity index (χ0) is 24.2. The van der Waals surface area contributed by atoms with Crippen LogP contribution in [0.4, 0.5) is 0 Å². The number of nitrogens with zero attached hydrogens (tertiary/aromatic N) is 2. The van der Waals surface area contributed by atoms with Crippen LogP contribution in [0.15, 0.2) is 72.9 Å². The van der Waals surface area contributed by atoms with Gasteiger partial charge >= 0.3 is 0 Å². The molecule has 0 aliphatic heterocycles. The summed E-state index contributed by atoms with van der Waals surface area (Å²) in [4.78, 5) is 9.82. The molecule has 0 saturated carbocycles. The Morgan fingerprint density at radius 1 is 0.771 bits per heavy atom. The van der Waals surface area contributed by atoms with Crippen molar-refractivity contribution in [3.63, 3.8) is 0 Å². The molecule has 0 amide bonds. The van der Waals surface area contributed by atoms with Crippen LogP contribution in [0, 0.1) is 6.07 Å². The van der Waals surface area contributed by atoms with Gasteiger partial charge in [0.25, 0.3) is 0 Å². The molecule has 35 heavy (non-hydrogen) atoms. The standard InChI is InChI=1S/C25H19N2.C5H12O2.Ir/c1-16(2)17-11-13-18(14-12-17)23-15-26-24-21-9-5-3-7-19(21)20-8-4-6-10-22(20)25(24)27-23;1-4(6)3-5(2)7;/h3-8,10-16H,1-2H3;4-7H,3H2,1-2H3;/q-1;;. The van der Waals surface area contributed by atoms with Gasteiger partial charge in [-0.15, -0.1) is 29.7 Å². The summed E-state index contributed by atoms with van der Waals surface area (Å²) in [6.07, 6.45) is 1.60. The minimum absolute atomic E-state index is 0. The predicted molar refractivity (Wildman–Crippen MR) is 141 cm³/mol. The molecule has 0 bridgehead atoms. The Kier molecular flexibility index (Phi) is 9.09. The van der Waals surface area contributed by atoms with Gasteiger partial charge in [-0.1, -0.05) is 73.2 Å². The first-order valence-electron chi connectivity index (χ1n) is 11.8. The topological polar surface area (TPSA) is 66.2 Å². The van der Waals surface area contributed by atoms with E-state index in [-0.39, 0.29) is 32.3 Å². The molecule has 5 rings (SSSR count). The number of benzene rings is 4. The monoisotopic (exact) mass is 644 g/mol. The zero-order valence-electron chi connectivity index (χ0n) is 20.5. The molecule has 2 unspecified atom stereocenters. The summed E-state index contributed by atoms with van der Waals surface area (Å²) in [6.45, 7) is 7.73. The fraction of sp³-hybridized carbons (Fsp3) is 0.267. The summed E-state index contributed by atoms with van der Waals surface area (Å²) in [5, 5.41) is 21.6. The number of aliphatic hydroxyl groups excluding tert-OH is 2. The first-order valence-corrected chi connectivity index (χ1v) is 11.8. The summed E-state index contributed by atoms with van der Waals surface area (Å²) < 4.78 is 0. The number of aliphatic hydroxyl groups is 2. The maximum Gasteiger partial charge on any atom is 0.0873 e. The van der Waals surface area contributed by atoms with Crippen LogP contribution in [0.2, 0.25) is 0 Å². The van der Waals surface area contributed by atoms with Gasteiger partial charge in [-0.2, -0.15) is 0 Å². The summed E-state index contributed by atoms with van der Waals surface area (Å²) in [5.41, 5.74) is 5.17. The normalized spacial score (nSPS) is 12.8. The molecule has 183 valence electrons. The predicted octanol–water partition coefficient (Wildman–Crippen LogP) is 6.66. The van der Waals surface area contributed by atoms with Crippen LogP contribution >= 0.6 is 0 Å².